The Morgan fingerprint density at radius 3 is 2.56 bits per heavy atom. The summed E-state index contributed by atoms with van der Waals surface area (Å²) >= 11 is 4.33. The molecule has 0 spiro atoms. The van der Waals surface area contributed by atoms with Gasteiger partial charge in [-0.05, 0) is 47.8 Å². The summed E-state index contributed by atoms with van der Waals surface area (Å²) in [6.07, 6.45) is 7.91. The van der Waals surface area contributed by atoms with Crippen LogP contribution in [0, 0.1) is 5.92 Å². The van der Waals surface area contributed by atoms with Crippen LogP contribution in [0.25, 0.3) is 4.91 Å². The predicted molar refractivity (Wildman–Crippen MR) is 121 cm³/mol. The Morgan fingerprint density at radius 1 is 1.07 bits per heavy atom. The highest BCUT2D eigenvalue weighted by atomic mass is 32.2. The molecule has 1 heterocycles. The molecule has 1 fully saturated rings. The van der Waals surface area contributed by atoms with Crippen LogP contribution in [0.4, 0.5) is 0 Å². The first-order valence-electron chi connectivity index (χ1n) is 10.00. The number of methoxy groups -OCH3 is 1. The van der Waals surface area contributed by atoms with E-state index < -0.39 is 0 Å². The van der Waals surface area contributed by atoms with Crippen LogP contribution in [0.15, 0.2) is 60.7 Å². The lowest BCUT2D eigenvalue weighted by Gasteiger charge is -2.49. The zero-order chi connectivity index (χ0) is 18.7. The molecule has 0 aromatic heterocycles. The molecule has 3 unspecified atom stereocenters. The van der Waals surface area contributed by atoms with Crippen LogP contribution in [0.1, 0.15) is 49.7 Å². The second kappa shape index (κ2) is 8.36. The second-order valence-electron chi connectivity index (χ2n) is 7.40. The number of rotatable bonds is 5. The fourth-order valence-corrected chi connectivity index (χ4v) is 8.20. The molecular formula is C24H28OS2. The van der Waals surface area contributed by atoms with E-state index in [0.717, 1.165) is 5.75 Å². The lowest BCUT2D eigenvalue weighted by molar-refractivity contribution is 0.320. The first-order valence-corrected chi connectivity index (χ1v) is 11.8. The molecule has 0 amide bonds. The van der Waals surface area contributed by atoms with E-state index in [1.165, 1.54) is 47.5 Å². The van der Waals surface area contributed by atoms with E-state index in [0.29, 0.717) is 15.9 Å². The second-order valence-corrected chi connectivity index (χ2v) is 10.6. The minimum Gasteiger partial charge on any atom is -0.497 e. The van der Waals surface area contributed by atoms with Crippen molar-refractivity contribution in [2.24, 2.45) is 5.92 Å². The molecule has 0 N–H and O–H groups in total. The van der Waals surface area contributed by atoms with Gasteiger partial charge in [-0.2, -0.15) is 0 Å². The summed E-state index contributed by atoms with van der Waals surface area (Å²) in [6.45, 7) is 2.31. The number of hydrogen-bond donors (Lipinski definition) is 0. The smallest absolute Gasteiger partial charge is 0.118 e. The summed E-state index contributed by atoms with van der Waals surface area (Å²) < 4.78 is 5.69. The molecule has 142 valence electrons. The molecule has 0 bridgehead atoms. The average Bonchev–Trinajstić information content (AvgIpc) is 2.73. The maximum Gasteiger partial charge on any atom is 0.118 e. The van der Waals surface area contributed by atoms with Gasteiger partial charge >= 0.3 is 0 Å². The third kappa shape index (κ3) is 3.82. The highest BCUT2D eigenvalue weighted by molar-refractivity contribution is 8.22. The van der Waals surface area contributed by atoms with Crippen molar-refractivity contribution in [3.05, 3.63) is 71.8 Å². The van der Waals surface area contributed by atoms with E-state index in [-0.39, 0.29) is 0 Å². The number of hydrogen-bond acceptors (Lipinski definition) is 3. The summed E-state index contributed by atoms with van der Waals surface area (Å²) in [5, 5.41) is 0. The van der Waals surface area contributed by atoms with Gasteiger partial charge in [0.05, 0.1) is 11.2 Å². The van der Waals surface area contributed by atoms with Crippen molar-refractivity contribution in [3.63, 3.8) is 0 Å². The molecule has 2 aromatic carbocycles. The molecule has 2 aliphatic rings. The fourth-order valence-electron chi connectivity index (χ4n) is 4.59. The number of ether oxygens (including phenoxy) is 1. The number of benzene rings is 2. The molecule has 1 aliphatic carbocycles. The van der Waals surface area contributed by atoms with Crippen molar-refractivity contribution in [2.75, 3.05) is 12.9 Å². The Morgan fingerprint density at radius 2 is 1.85 bits per heavy atom. The highest BCUT2D eigenvalue weighted by Gasteiger charge is 2.48. The molecule has 1 nitrogen and oxygen atoms in total. The van der Waals surface area contributed by atoms with E-state index >= 15 is 0 Å². The highest BCUT2D eigenvalue weighted by Crippen LogP contribution is 2.63. The Hall–Kier alpha value is -1.32. The van der Waals surface area contributed by atoms with Crippen molar-refractivity contribution in [3.8, 4) is 5.75 Å². The largest absolute Gasteiger partial charge is 0.497 e. The normalized spacial score (nSPS) is 27.6. The fraction of sp³-hybridized carbons (Fsp3) is 0.417. The van der Waals surface area contributed by atoms with E-state index in [4.69, 9.17) is 4.74 Å². The van der Waals surface area contributed by atoms with Gasteiger partial charge in [-0.15, -0.1) is 23.5 Å². The summed E-state index contributed by atoms with van der Waals surface area (Å²) in [4.78, 5) is 1.45. The van der Waals surface area contributed by atoms with Gasteiger partial charge in [-0.1, -0.05) is 68.3 Å². The minimum absolute atomic E-state index is 0.303. The van der Waals surface area contributed by atoms with Gasteiger partial charge in [0, 0.05) is 10.8 Å². The summed E-state index contributed by atoms with van der Waals surface area (Å²) in [5.74, 6) is 3.30. The van der Waals surface area contributed by atoms with Crippen LogP contribution < -0.4 is 4.74 Å². The van der Waals surface area contributed by atoms with Crippen LogP contribution in [-0.2, 0) is 0 Å². The molecular weight excluding hydrogens is 368 g/mol. The Labute approximate surface area is 172 Å². The van der Waals surface area contributed by atoms with Gasteiger partial charge < -0.3 is 4.74 Å². The van der Waals surface area contributed by atoms with Crippen LogP contribution in [0.5, 0.6) is 5.75 Å². The van der Waals surface area contributed by atoms with E-state index in [9.17, 15) is 0 Å². The van der Waals surface area contributed by atoms with Gasteiger partial charge in [-0.3, -0.25) is 0 Å². The van der Waals surface area contributed by atoms with Crippen molar-refractivity contribution in [1.82, 2.24) is 0 Å². The maximum atomic E-state index is 5.39. The quantitative estimate of drug-likeness (QED) is 0.528. The molecule has 4 rings (SSSR count). The minimum atomic E-state index is 0.303. The van der Waals surface area contributed by atoms with E-state index in [2.05, 4.69) is 91.1 Å². The van der Waals surface area contributed by atoms with Crippen molar-refractivity contribution in [1.29, 1.82) is 0 Å². The standard InChI is InChI=1S/C24H28OS2/c1-3-26-24-16-8-7-11-22(24)21(18-12-14-20(25-2)15-13-18)17-23(27-24)19-9-5-4-6-10-19/h4-6,9-10,12-15,17,21-22H,3,7-8,11,16H2,1-2H3. The Balaban J connectivity index is 1.79. The molecule has 3 heteroatoms. The van der Waals surface area contributed by atoms with Gasteiger partial charge in [0.15, 0.2) is 0 Å². The van der Waals surface area contributed by atoms with Gasteiger partial charge in [0.2, 0.25) is 0 Å². The monoisotopic (exact) mass is 396 g/mol. The lowest BCUT2D eigenvalue weighted by Crippen LogP contribution is -2.40. The molecule has 1 saturated carbocycles. The Bertz CT molecular complexity index is 780. The predicted octanol–water partition coefficient (Wildman–Crippen LogP) is 7.21. The van der Waals surface area contributed by atoms with Gasteiger partial charge in [-0.25, -0.2) is 0 Å². The van der Waals surface area contributed by atoms with Crippen molar-refractivity contribution in [2.45, 2.75) is 42.6 Å². The third-order valence-corrected chi connectivity index (χ3v) is 9.18. The molecule has 27 heavy (non-hydrogen) atoms. The topological polar surface area (TPSA) is 9.23 Å². The third-order valence-electron chi connectivity index (χ3n) is 5.85. The molecule has 1 aliphatic heterocycles. The van der Waals surface area contributed by atoms with E-state index in [1.54, 1.807) is 7.11 Å². The number of fused-ring (bicyclic) bond motifs is 1. The average molecular weight is 397 g/mol. The zero-order valence-corrected chi connectivity index (χ0v) is 17.8. The molecule has 2 aromatic rings. The molecule has 3 atom stereocenters. The molecule has 0 saturated heterocycles. The van der Waals surface area contributed by atoms with Crippen molar-refractivity contribution >= 4 is 28.4 Å². The Kier molecular flexibility index (Phi) is 5.89. The lowest BCUT2D eigenvalue weighted by atomic mass is 9.75. The summed E-state index contributed by atoms with van der Waals surface area (Å²) in [5.41, 5.74) is 2.79. The van der Waals surface area contributed by atoms with Gasteiger partial charge in [0.25, 0.3) is 0 Å². The van der Waals surface area contributed by atoms with Crippen LogP contribution in [0.3, 0.4) is 0 Å². The van der Waals surface area contributed by atoms with Crippen LogP contribution >= 0.6 is 23.5 Å². The SMILES string of the molecule is CCSC12CCCCC1C(c1ccc(OC)cc1)C=C(c1ccccc1)S2. The van der Waals surface area contributed by atoms with E-state index in [1.807, 2.05) is 0 Å². The van der Waals surface area contributed by atoms with Crippen LogP contribution in [-0.4, -0.2) is 16.9 Å². The van der Waals surface area contributed by atoms with Crippen LogP contribution in [0.2, 0.25) is 0 Å². The zero-order valence-electron chi connectivity index (χ0n) is 16.2. The summed E-state index contributed by atoms with van der Waals surface area (Å²) in [7, 11) is 1.74. The number of thioether (sulfide) groups is 2. The first-order chi connectivity index (χ1) is 13.3. The molecule has 0 radical (unpaired) electrons. The van der Waals surface area contributed by atoms with Gasteiger partial charge in [0.1, 0.15) is 5.75 Å². The number of allylic oxidation sites excluding steroid dienone is 1. The summed E-state index contributed by atoms with van der Waals surface area (Å²) in [6, 6.07) is 19.7. The first kappa shape index (κ1) is 19.0. The van der Waals surface area contributed by atoms with Crippen molar-refractivity contribution < 1.29 is 4.74 Å². The maximum absolute atomic E-state index is 5.39.